The number of hydrogen-bond acceptors (Lipinski definition) is 3. The Hall–Kier alpha value is -1.52. The SMILES string of the molecule is CNC(c1ccc2c(c1)OCCO2)c1ccc(Br)cc1C. The van der Waals surface area contributed by atoms with Gasteiger partial charge in [-0.3, -0.25) is 0 Å². The predicted molar refractivity (Wildman–Crippen MR) is 87.2 cm³/mol. The van der Waals surface area contributed by atoms with Gasteiger partial charge in [0.2, 0.25) is 0 Å². The van der Waals surface area contributed by atoms with Crippen LogP contribution in [0.1, 0.15) is 22.7 Å². The molecule has 1 aliphatic rings. The average Bonchev–Trinajstić information content (AvgIpc) is 2.50. The van der Waals surface area contributed by atoms with Gasteiger partial charge in [0.1, 0.15) is 13.2 Å². The largest absolute Gasteiger partial charge is 0.486 e. The van der Waals surface area contributed by atoms with Gasteiger partial charge in [0.15, 0.2) is 11.5 Å². The van der Waals surface area contributed by atoms with E-state index in [0.29, 0.717) is 13.2 Å². The van der Waals surface area contributed by atoms with Crippen molar-refractivity contribution in [3.63, 3.8) is 0 Å². The first kappa shape index (κ1) is 14.4. The first-order valence-corrected chi connectivity index (χ1v) is 7.81. The van der Waals surface area contributed by atoms with E-state index in [1.165, 1.54) is 16.7 Å². The first-order chi connectivity index (χ1) is 10.2. The number of halogens is 1. The molecular formula is C17H18BrNO2. The van der Waals surface area contributed by atoms with Crippen molar-refractivity contribution in [1.82, 2.24) is 5.32 Å². The van der Waals surface area contributed by atoms with Gasteiger partial charge in [0, 0.05) is 4.47 Å². The van der Waals surface area contributed by atoms with Crippen LogP contribution >= 0.6 is 15.9 Å². The molecule has 0 aliphatic carbocycles. The number of rotatable bonds is 3. The minimum absolute atomic E-state index is 0.133. The molecule has 0 radical (unpaired) electrons. The van der Waals surface area contributed by atoms with Crippen LogP contribution in [0, 0.1) is 6.92 Å². The highest BCUT2D eigenvalue weighted by Crippen LogP contribution is 2.35. The minimum atomic E-state index is 0.133. The first-order valence-electron chi connectivity index (χ1n) is 7.02. The molecule has 1 unspecified atom stereocenters. The molecule has 1 atom stereocenters. The van der Waals surface area contributed by atoms with Crippen molar-refractivity contribution < 1.29 is 9.47 Å². The van der Waals surface area contributed by atoms with Gasteiger partial charge in [0.05, 0.1) is 6.04 Å². The normalized spacial score (nSPS) is 14.8. The third kappa shape index (κ3) is 2.92. The zero-order valence-electron chi connectivity index (χ0n) is 12.2. The summed E-state index contributed by atoms with van der Waals surface area (Å²) >= 11 is 3.52. The maximum atomic E-state index is 5.68. The van der Waals surface area contributed by atoms with Gasteiger partial charge in [-0.15, -0.1) is 0 Å². The van der Waals surface area contributed by atoms with Crippen molar-refractivity contribution >= 4 is 15.9 Å². The van der Waals surface area contributed by atoms with E-state index in [9.17, 15) is 0 Å². The van der Waals surface area contributed by atoms with Gasteiger partial charge in [-0.05, 0) is 54.9 Å². The second-order valence-corrected chi connectivity index (χ2v) is 6.04. The standard InChI is InChI=1S/C17H18BrNO2/c1-11-9-13(18)4-5-14(11)17(19-2)12-3-6-15-16(10-12)21-8-7-20-15/h3-6,9-10,17,19H,7-8H2,1-2H3. The maximum absolute atomic E-state index is 5.68. The number of aryl methyl sites for hydroxylation is 1. The molecule has 1 N–H and O–H groups in total. The number of nitrogens with one attached hydrogen (secondary N) is 1. The molecule has 0 bridgehead atoms. The van der Waals surface area contributed by atoms with Crippen LogP contribution in [-0.2, 0) is 0 Å². The summed E-state index contributed by atoms with van der Waals surface area (Å²) in [5.41, 5.74) is 3.68. The van der Waals surface area contributed by atoms with Crippen LogP contribution in [0.4, 0.5) is 0 Å². The Morgan fingerprint density at radius 3 is 2.52 bits per heavy atom. The van der Waals surface area contributed by atoms with Gasteiger partial charge < -0.3 is 14.8 Å². The molecule has 21 heavy (non-hydrogen) atoms. The summed E-state index contributed by atoms with van der Waals surface area (Å²) in [7, 11) is 1.98. The van der Waals surface area contributed by atoms with Crippen molar-refractivity contribution in [3.05, 3.63) is 57.6 Å². The van der Waals surface area contributed by atoms with Gasteiger partial charge in [-0.2, -0.15) is 0 Å². The van der Waals surface area contributed by atoms with E-state index in [1.54, 1.807) is 0 Å². The van der Waals surface area contributed by atoms with E-state index in [0.717, 1.165) is 16.0 Å². The number of ether oxygens (including phenoxy) is 2. The molecule has 110 valence electrons. The van der Waals surface area contributed by atoms with Gasteiger partial charge in [0.25, 0.3) is 0 Å². The van der Waals surface area contributed by atoms with Crippen LogP contribution in [-0.4, -0.2) is 20.3 Å². The lowest BCUT2D eigenvalue weighted by Gasteiger charge is -2.23. The molecule has 0 spiro atoms. The molecule has 2 aromatic rings. The molecule has 3 nitrogen and oxygen atoms in total. The quantitative estimate of drug-likeness (QED) is 0.914. The summed E-state index contributed by atoms with van der Waals surface area (Å²) in [6.07, 6.45) is 0. The minimum Gasteiger partial charge on any atom is -0.486 e. The van der Waals surface area contributed by atoms with Crippen LogP contribution in [0.25, 0.3) is 0 Å². The fraction of sp³-hybridized carbons (Fsp3) is 0.294. The highest BCUT2D eigenvalue weighted by atomic mass is 79.9. The van der Waals surface area contributed by atoms with Crippen LogP contribution in [0.5, 0.6) is 11.5 Å². The summed E-state index contributed by atoms with van der Waals surface area (Å²) < 4.78 is 12.4. The van der Waals surface area contributed by atoms with Crippen molar-refractivity contribution in [2.75, 3.05) is 20.3 Å². The van der Waals surface area contributed by atoms with Crippen molar-refractivity contribution in [2.24, 2.45) is 0 Å². The Morgan fingerprint density at radius 1 is 1.05 bits per heavy atom. The fourth-order valence-electron chi connectivity index (χ4n) is 2.70. The second kappa shape index (κ2) is 6.08. The van der Waals surface area contributed by atoms with Crippen LogP contribution in [0.2, 0.25) is 0 Å². The summed E-state index contributed by atoms with van der Waals surface area (Å²) in [4.78, 5) is 0. The molecule has 0 aromatic heterocycles. The van der Waals surface area contributed by atoms with Crippen LogP contribution < -0.4 is 14.8 Å². The zero-order chi connectivity index (χ0) is 14.8. The lowest BCUT2D eigenvalue weighted by molar-refractivity contribution is 0.171. The smallest absolute Gasteiger partial charge is 0.161 e. The molecule has 1 aliphatic heterocycles. The third-order valence-electron chi connectivity index (χ3n) is 3.73. The van der Waals surface area contributed by atoms with Gasteiger partial charge >= 0.3 is 0 Å². The molecule has 1 heterocycles. The van der Waals surface area contributed by atoms with E-state index in [-0.39, 0.29) is 6.04 Å². The van der Waals surface area contributed by atoms with Crippen LogP contribution in [0.3, 0.4) is 0 Å². The van der Waals surface area contributed by atoms with Crippen molar-refractivity contribution in [1.29, 1.82) is 0 Å². The maximum Gasteiger partial charge on any atom is 0.161 e. The monoisotopic (exact) mass is 347 g/mol. The van der Waals surface area contributed by atoms with E-state index in [4.69, 9.17) is 9.47 Å². The Labute approximate surface area is 133 Å². The number of hydrogen-bond donors (Lipinski definition) is 1. The molecule has 0 amide bonds. The average molecular weight is 348 g/mol. The van der Waals surface area contributed by atoms with Crippen LogP contribution in [0.15, 0.2) is 40.9 Å². The van der Waals surface area contributed by atoms with E-state index < -0.39 is 0 Å². The van der Waals surface area contributed by atoms with Gasteiger partial charge in [-0.25, -0.2) is 0 Å². The highest BCUT2D eigenvalue weighted by Gasteiger charge is 2.18. The lowest BCUT2D eigenvalue weighted by Crippen LogP contribution is -2.20. The molecule has 2 aromatic carbocycles. The second-order valence-electron chi connectivity index (χ2n) is 5.13. The summed E-state index contributed by atoms with van der Waals surface area (Å²) in [5.74, 6) is 1.65. The topological polar surface area (TPSA) is 30.5 Å². The van der Waals surface area contributed by atoms with E-state index in [1.807, 2.05) is 13.1 Å². The zero-order valence-corrected chi connectivity index (χ0v) is 13.7. The number of benzene rings is 2. The summed E-state index contributed by atoms with van der Waals surface area (Å²) in [6.45, 7) is 3.36. The molecule has 3 rings (SSSR count). The molecule has 0 saturated heterocycles. The highest BCUT2D eigenvalue weighted by molar-refractivity contribution is 9.10. The van der Waals surface area contributed by atoms with Gasteiger partial charge in [-0.1, -0.05) is 28.1 Å². The summed E-state index contributed by atoms with van der Waals surface area (Å²) in [6, 6.07) is 12.6. The van der Waals surface area contributed by atoms with E-state index >= 15 is 0 Å². The van der Waals surface area contributed by atoms with Crippen molar-refractivity contribution in [2.45, 2.75) is 13.0 Å². The fourth-order valence-corrected chi connectivity index (χ4v) is 3.18. The molecular weight excluding hydrogens is 330 g/mol. The Kier molecular flexibility index (Phi) is 4.17. The Morgan fingerprint density at radius 2 is 1.81 bits per heavy atom. The Balaban J connectivity index is 1.99. The molecule has 0 fully saturated rings. The lowest BCUT2D eigenvalue weighted by atomic mass is 9.95. The molecule has 4 heteroatoms. The Bertz CT molecular complexity index is 657. The van der Waals surface area contributed by atoms with Crippen molar-refractivity contribution in [3.8, 4) is 11.5 Å². The summed E-state index contributed by atoms with van der Waals surface area (Å²) in [5, 5.41) is 3.39. The predicted octanol–water partition coefficient (Wildman–Crippen LogP) is 3.84. The van der Waals surface area contributed by atoms with E-state index in [2.05, 4.69) is 58.5 Å². The number of fused-ring (bicyclic) bond motifs is 1. The third-order valence-corrected chi connectivity index (χ3v) is 4.22. The molecule has 0 saturated carbocycles.